The second kappa shape index (κ2) is 7.53. The minimum Gasteiger partial charge on any atom is -0.383 e. The number of amides is 3. The summed E-state index contributed by atoms with van der Waals surface area (Å²) in [4.78, 5) is 41.9. The lowest BCUT2D eigenvalue weighted by atomic mass is 9.75. The third-order valence-corrected chi connectivity index (χ3v) is 7.33. The monoisotopic (exact) mass is 433 g/mol. The molecule has 2 N–H and O–H groups in total. The zero-order valence-electron chi connectivity index (χ0n) is 18.5. The number of likely N-dealkylation sites (tertiary alicyclic amines) is 1. The molecule has 7 nitrogen and oxygen atoms in total. The number of anilines is 1. The summed E-state index contributed by atoms with van der Waals surface area (Å²) in [6.07, 6.45) is 0.550. The summed E-state index contributed by atoms with van der Waals surface area (Å²) in [6, 6.07) is 13.4. The molecule has 3 aliphatic heterocycles. The molecule has 0 radical (unpaired) electrons. The normalized spacial score (nSPS) is 28.4. The number of ether oxygens (including phenoxy) is 1. The van der Waals surface area contributed by atoms with Gasteiger partial charge < -0.3 is 10.1 Å². The molecule has 0 bridgehead atoms. The van der Waals surface area contributed by atoms with Crippen molar-refractivity contribution < 1.29 is 19.1 Å². The number of benzene rings is 2. The summed E-state index contributed by atoms with van der Waals surface area (Å²) in [6.45, 7) is 4.42. The van der Waals surface area contributed by atoms with Gasteiger partial charge in [-0.1, -0.05) is 42.5 Å². The van der Waals surface area contributed by atoms with Crippen molar-refractivity contribution in [2.24, 2.45) is 11.8 Å². The van der Waals surface area contributed by atoms with Crippen LogP contribution in [0.25, 0.3) is 0 Å². The van der Waals surface area contributed by atoms with Crippen LogP contribution in [-0.2, 0) is 31.1 Å². The topological polar surface area (TPSA) is 87.7 Å². The first kappa shape index (κ1) is 20.8. The van der Waals surface area contributed by atoms with Gasteiger partial charge in [0.15, 0.2) is 0 Å². The molecule has 32 heavy (non-hydrogen) atoms. The minimum absolute atomic E-state index is 0.191. The van der Waals surface area contributed by atoms with E-state index in [1.54, 1.807) is 7.11 Å². The Bertz CT molecular complexity index is 1120. The van der Waals surface area contributed by atoms with E-state index >= 15 is 0 Å². The Labute approximate surface area is 187 Å². The van der Waals surface area contributed by atoms with E-state index in [0.717, 1.165) is 27.9 Å². The molecule has 2 aromatic carbocycles. The quantitative estimate of drug-likeness (QED) is 0.704. The van der Waals surface area contributed by atoms with Crippen LogP contribution in [-0.4, -0.2) is 48.9 Å². The van der Waals surface area contributed by atoms with Gasteiger partial charge in [0, 0.05) is 24.4 Å². The van der Waals surface area contributed by atoms with E-state index in [-0.39, 0.29) is 36.9 Å². The molecule has 3 heterocycles. The maximum Gasteiger partial charge on any atom is 0.250 e. The maximum atomic E-state index is 13.6. The van der Waals surface area contributed by atoms with Crippen LogP contribution in [0.2, 0.25) is 0 Å². The smallest absolute Gasteiger partial charge is 0.250 e. The van der Waals surface area contributed by atoms with Gasteiger partial charge in [0.25, 0.3) is 0 Å². The summed E-state index contributed by atoms with van der Waals surface area (Å²) in [5.41, 5.74) is 3.34. The third-order valence-electron chi connectivity index (χ3n) is 7.33. The highest BCUT2D eigenvalue weighted by molar-refractivity contribution is 6.15. The van der Waals surface area contributed by atoms with Crippen LogP contribution >= 0.6 is 0 Å². The number of rotatable bonds is 5. The summed E-state index contributed by atoms with van der Waals surface area (Å²) >= 11 is 0. The second-order valence-electron chi connectivity index (χ2n) is 8.96. The van der Waals surface area contributed by atoms with E-state index in [1.165, 1.54) is 4.90 Å². The number of methoxy groups -OCH3 is 1. The molecule has 5 rings (SSSR count). The number of fused-ring (bicyclic) bond motifs is 4. The molecule has 7 heteroatoms. The SMILES string of the molecule is COCCN1C(=O)[C@@H]2[C@H](Cc3ccccc3)N[C@@]3(C(=O)Nc4c3ccc(C)c4C)[C@@H]2C1=O. The highest BCUT2D eigenvalue weighted by Gasteiger charge is 2.70. The van der Waals surface area contributed by atoms with Crippen molar-refractivity contribution in [3.8, 4) is 0 Å². The lowest BCUT2D eigenvalue weighted by molar-refractivity contribution is -0.143. The molecule has 3 amide bonds. The van der Waals surface area contributed by atoms with E-state index in [0.29, 0.717) is 6.42 Å². The second-order valence-corrected chi connectivity index (χ2v) is 8.96. The highest BCUT2D eigenvalue weighted by Crippen LogP contribution is 2.54. The van der Waals surface area contributed by atoms with Crippen molar-refractivity contribution >= 4 is 23.4 Å². The van der Waals surface area contributed by atoms with Crippen molar-refractivity contribution in [1.82, 2.24) is 10.2 Å². The van der Waals surface area contributed by atoms with Crippen molar-refractivity contribution in [2.45, 2.75) is 31.8 Å². The van der Waals surface area contributed by atoms with Gasteiger partial charge in [0.1, 0.15) is 5.54 Å². The average Bonchev–Trinajstić information content (AvgIpc) is 3.35. The Hall–Kier alpha value is -3.03. The fourth-order valence-electron chi connectivity index (χ4n) is 5.62. The molecule has 4 atom stereocenters. The fraction of sp³-hybridized carbons (Fsp3) is 0.400. The first-order valence-corrected chi connectivity index (χ1v) is 11.0. The van der Waals surface area contributed by atoms with Crippen LogP contribution in [0.15, 0.2) is 42.5 Å². The number of carbonyl (C=O) groups is 3. The Morgan fingerprint density at radius 2 is 1.78 bits per heavy atom. The molecule has 2 fully saturated rings. The standard InChI is InChI=1S/C25H27N3O4/c1-14-9-10-17-21(15(14)2)26-24(31)25(17)20-19(22(29)28(23(20)30)11-12-32-3)18(27-25)13-16-7-5-4-6-8-16/h4-10,18-20,27H,11-13H2,1-3H3,(H,26,31)/t18-,19+,20-,25+/m0/s1. The molecule has 3 aliphatic rings. The number of carbonyl (C=O) groups excluding carboxylic acids is 3. The first-order valence-electron chi connectivity index (χ1n) is 11.0. The van der Waals surface area contributed by atoms with Crippen molar-refractivity contribution in [3.63, 3.8) is 0 Å². The summed E-state index contributed by atoms with van der Waals surface area (Å²) in [5, 5.41) is 6.52. The molecule has 0 unspecified atom stereocenters. The molecule has 0 aromatic heterocycles. The van der Waals surface area contributed by atoms with Crippen LogP contribution < -0.4 is 10.6 Å². The van der Waals surface area contributed by atoms with E-state index in [2.05, 4.69) is 10.6 Å². The van der Waals surface area contributed by atoms with Gasteiger partial charge in [-0.25, -0.2) is 0 Å². The van der Waals surface area contributed by atoms with Gasteiger partial charge in [-0.3, -0.25) is 24.6 Å². The minimum atomic E-state index is -1.26. The van der Waals surface area contributed by atoms with Crippen molar-refractivity contribution in [3.05, 3.63) is 64.7 Å². The lowest BCUT2D eigenvalue weighted by Gasteiger charge is -2.29. The Morgan fingerprint density at radius 1 is 1.03 bits per heavy atom. The third kappa shape index (κ3) is 2.77. The van der Waals surface area contributed by atoms with E-state index < -0.39 is 17.4 Å². The summed E-state index contributed by atoms with van der Waals surface area (Å²) < 4.78 is 5.13. The largest absolute Gasteiger partial charge is 0.383 e. The van der Waals surface area contributed by atoms with Crippen LogP contribution in [0.1, 0.15) is 22.3 Å². The molecule has 2 saturated heterocycles. The number of imide groups is 1. The van der Waals surface area contributed by atoms with Gasteiger partial charge in [-0.05, 0) is 37.0 Å². The van der Waals surface area contributed by atoms with Gasteiger partial charge in [0.05, 0.1) is 25.0 Å². The summed E-state index contributed by atoms with van der Waals surface area (Å²) in [5.74, 6) is -2.20. The Balaban J connectivity index is 1.63. The highest BCUT2D eigenvalue weighted by atomic mass is 16.5. The number of aryl methyl sites for hydroxylation is 1. The maximum absolute atomic E-state index is 13.6. The van der Waals surface area contributed by atoms with E-state index in [9.17, 15) is 14.4 Å². The van der Waals surface area contributed by atoms with Crippen LogP contribution in [0.3, 0.4) is 0 Å². The zero-order chi connectivity index (χ0) is 22.6. The molecular weight excluding hydrogens is 406 g/mol. The molecule has 0 aliphatic carbocycles. The average molecular weight is 434 g/mol. The van der Waals surface area contributed by atoms with Crippen LogP contribution in [0.4, 0.5) is 5.69 Å². The fourth-order valence-corrected chi connectivity index (χ4v) is 5.62. The molecule has 0 saturated carbocycles. The van der Waals surface area contributed by atoms with Crippen molar-refractivity contribution in [1.29, 1.82) is 0 Å². The van der Waals surface area contributed by atoms with Gasteiger partial charge in [0.2, 0.25) is 17.7 Å². The number of nitrogens with one attached hydrogen (secondary N) is 2. The van der Waals surface area contributed by atoms with E-state index in [1.807, 2.05) is 56.3 Å². The number of hydrogen-bond donors (Lipinski definition) is 2. The van der Waals surface area contributed by atoms with Gasteiger partial charge >= 0.3 is 0 Å². The Kier molecular flexibility index (Phi) is 4.91. The zero-order valence-corrected chi connectivity index (χ0v) is 18.5. The van der Waals surface area contributed by atoms with Crippen LogP contribution in [0, 0.1) is 25.7 Å². The molecule has 1 spiro atoms. The molecule has 166 valence electrons. The number of hydrogen-bond acceptors (Lipinski definition) is 5. The summed E-state index contributed by atoms with van der Waals surface area (Å²) in [7, 11) is 1.54. The van der Waals surface area contributed by atoms with Crippen molar-refractivity contribution in [2.75, 3.05) is 25.6 Å². The first-order chi connectivity index (χ1) is 15.4. The molecule has 2 aromatic rings. The number of nitrogens with zero attached hydrogens (tertiary/aromatic N) is 1. The predicted octanol–water partition coefficient (Wildman–Crippen LogP) is 1.91. The van der Waals surface area contributed by atoms with Gasteiger partial charge in [-0.15, -0.1) is 0 Å². The van der Waals surface area contributed by atoms with Crippen LogP contribution in [0.5, 0.6) is 0 Å². The lowest BCUT2D eigenvalue weighted by Crippen LogP contribution is -2.53. The van der Waals surface area contributed by atoms with Gasteiger partial charge in [-0.2, -0.15) is 0 Å². The van der Waals surface area contributed by atoms with E-state index in [4.69, 9.17) is 4.74 Å². The molecular formula is C25H27N3O4. The Morgan fingerprint density at radius 3 is 2.50 bits per heavy atom. The predicted molar refractivity (Wildman–Crippen MR) is 119 cm³/mol.